The van der Waals surface area contributed by atoms with Crippen LogP contribution in [0.3, 0.4) is 0 Å². The third kappa shape index (κ3) is 2.68. The molecule has 1 heterocycles. The van der Waals surface area contributed by atoms with Gasteiger partial charge in [0, 0.05) is 35.3 Å². The fraction of sp³-hybridized carbons (Fsp3) is 0.600. The van der Waals surface area contributed by atoms with Crippen LogP contribution in [0.5, 0.6) is 0 Å². The van der Waals surface area contributed by atoms with Crippen LogP contribution in [0.25, 0.3) is 0 Å². The molecule has 2 saturated carbocycles. The molecule has 0 aromatic heterocycles. The zero-order valence-electron chi connectivity index (χ0n) is 17.4. The predicted molar refractivity (Wildman–Crippen MR) is 110 cm³/mol. The van der Waals surface area contributed by atoms with E-state index in [1.165, 1.54) is 0 Å². The van der Waals surface area contributed by atoms with Crippen LogP contribution in [0, 0.1) is 28.6 Å². The summed E-state index contributed by atoms with van der Waals surface area (Å²) in [5.74, 6) is 1.13. The van der Waals surface area contributed by atoms with Gasteiger partial charge >= 0.3 is 0 Å². The molecule has 1 aromatic rings. The third-order valence-electron chi connectivity index (χ3n) is 8.69. The van der Waals surface area contributed by atoms with E-state index in [1.54, 1.807) is 0 Å². The summed E-state index contributed by atoms with van der Waals surface area (Å²) in [6.07, 6.45) is 6.29. The van der Waals surface area contributed by atoms with E-state index in [-0.39, 0.29) is 28.8 Å². The molecule has 29 heavy (non-hydrogen) atoms. The number of piperidine rings is 1. The molecule has 1 N–H and O–H groups in total. The Bertz CT molecular complexity index is 877. The van der Waals surface area contributed by atoms with Crippen molar-refractivity contribution < 1.29 is 14.7 Å². The second-order valence-electron chi connectivity index (χ2n) is 10.2. The second kappa shape index (κ2) is 6.53. The number of rotatable bonds is 2. The summed E-state index contributed by atoms with van der Waals surface area (Å²) >= 11 is 0. The first-order valence-electron chi connectivity index (χ1n) is 11.1. The molecule has 3 aliphatic carbocycles. The molecular formula is C25H31NO3. The van der Waals surface area contributed by atoms with Crippen LogP contribution in [-0.4, -0.2) is 27.8 Å². The first kappa shape index (κ1) is 19.0. The number of nitrogens with zero attached hydrogens (tertiary/aromatic N) is 1. The van der Waals surface area contributed by atoms with Crippen LogP contribution < -0.4 is 0 Å². The number of carbonyl (C=O) groups excluding carboxylic acids is 2. The summed E-state index contributed by atoms with van der Waals surface area (Å²) < 4.78 is 0. The van der Waals surface area contributed by atoms with Gasteiger partial charge in [-0.2, -0.15) is 0 Å². The number of ketones is 1. The Morgan fingerprint density at radius 3 is 2.66 bits per heavy atom. The quantitative estimate of drug-likeness (QED) is 0.823. The molecule has 154 valence electrons. The molecule has 0 bridgehead atoms. The maximum Gasteiger partial charge on any atom is 0.227 e. The minimum atomic E-state index is -0.363. The summed E-state index contributed by atoms with van der Waals surface area (Å²) in [6, 6.07) is 10.1. The van der Waals surface area contributed by atoms with Crippen LogP contribution in [0.4, 0.5) is 0 Å². The van der Waals surface area contributed by atoms with Crippen molar-refractivity contribution in [3.05, 3.63) is 47.7 Å². The summed E-state index contributed by atoms with van der Waals surface area (Å²) in [5.41, 5.74) is 1.63. The van der Waals surface area contributed by atoms with Crippen LogP contribution in [-0.2, 0) is 16.1 Å². The van der Waals surface area contributed by atoms with E-state index in [2.05, 4.69) is 32.1 Å². The van der Waals surface area contributed by atoms with Crippen LogP contribution in [0.15, 0.2) is 42.1 Å². The van der Waals surface area contributed by atoms with E-state index in [1.807, 2.05) is 23.1 Å². The lowest BCUT2D eigenvalue weighted by Gasteiger charge is -2.57. The van der Waals surface area contributed by atoms with Gasteiger partial charge in [0.2, 0.25) is 5.91 Å². The number of carbonyl (C=O) groups is 2. The monoisotopic (exact) mass is 393 g/mol. The van der Waals surface area contributed by atoms with Crippen molar-refractivity contribution in [2.24, 2.45) is 28.6 Å². The third-order valence-corrected chi connectivity index (χ3v) is 8.69. The van der Waals surface area contributed by atoms with Crippen molar-refractivity contribution in [1.82, 2.24) is 4.90 Å². The van der Waals surface area contributed by atoms with Crippen LogP contribution in [0.2, 0.25) is 0 Å². The first-order valence-corrected chi connectivity index (χ1v) is 11.1. The summed E-state index contributed by atoms with van der Waals surface area (Å²) in [7, 11) is 0. The Labute approximate surface area is 173 Å². The number of allylic oxidation sites excluding steroid dienone is 2. The molecule has 0 radical (unpaired) electrons. The highest BCUT2D eigenvalue weighted by molar-refractivity contribution is 5.87. The second-order valence-corrected chi connectivity index (χ2v) is 10.2. The largest absolute Gasteiger partial charge is 0.393 e. The van der Waals surface area contributed by atoms with E-state index in [0.717, 1.165) is 36.9 Å². The van der Waals surface area contributed by atoms with Crippen molar-refractivity contribution in [2.45, 2.75) is 65.0 Å². The van der Waals surface area contributed by atoms with Gasteiger partial charge in [0.05, 0.1) is 12.6 Å². The highest BCUT2D eigenvalue weighted by Crippen LogP contribution is 2.63. The zero-order valence-corrected chi connectivity index (χ0v) is 17.4. The number of amides is 1. The molecule has 0 spiro atoms. The number of Topliss-reactive ketones (excluding diaryl/α,β-unsaturated/α-hetero) is 1. The van der Waals surface area contributed by atoms with E-state index < -0.39 is 0 Å². The SMILES string of the molecule is C[C@]12CC(=O)[C@H]3[C@@H](CC=C4N(Cc5ccccc5)C(=O)CC[C@@]43C)[C@@H]1CC[C@@H]2O. The molecule has 4 aliphatic rings. The Morgan fingerprint density at radius 1 is 1.14 bits per heavy atom. The van der Waals surface area contributed by atoms with Gasteiger partial charge in [-0.25, -0.2) is 0 Å². The molecule has 1 aromatic carbocycles. The molecule has 1 amide bonds. The van der Waals surface area contributed by atoms with Gasteiger partial charge in [-0.3, -0.25) is 9.59 Å². The molecule has 6 atom stereocenters. The van der Waals surface area contributed by atoms with Crippen molar-refractivity contribution in [3.63, 3.8) is 0 Å². The lowest BCUT2D eigenvalue weighted by molar-refractivity contribution is -0.152. The number of aliphatic hydroxyl groups excluding tert-OH is 1. The lowest BCUT2D eigenvalue weighted by Crippen LogP contribution is -2.57. The maximum absolute atomic E-state index is 13.5. The fourth-order valence-electron chi connectivity index (χ4n) is 7.20. The van der Waals surface area contributed by atoms with E-state index >= 15 is 0 Å². The number of hydrogen-bond donors (Lipinski definition) is 1. The first-order chi connectivity index (χ1) is 13.8. The van der Waals surface area contributed by atoms with E-state index in [9.17, 15) is 14.7 Å². The van der Waals surface area contributed by atoms with Gasteiger partial charge < -0.3 is 10.0 Å². The Hall–Kier alpha value is -1.94. The van der Waals surface area contributed by atoms with Gasteiger partial charge in [0.1, 0.15) is 5.78 Å². The number of fused-ring (bicyclic) bond motifs is 5. The number of aliphatic hydroxyl groups is 1. The average molecular weight is 394 g/mol. The van der Waals surface area contributed by atoms with Gasteiger partial charge in [0.15, 0.2) is 0 Å². The Balaban J connectivity index is 1.52. The molecule has 4 heteroatoms. The average Bonchev–Trinajstić information content (AvgIpc) is 2.99. The highest BCUT2D eigenvalue weighted by Gasteiger charge is 2.62. The van der Waals surface area contributed by atoms with Crippen molar-refractivity contribution in [2.75, 3.05) is 0 Å². The maximum atomic E-state index is 13.5. The van der Waals surface area contributed by atoms with Gasteiger partial charge in [-0.05, 0) is 43.1 Å². The highest BCUT2D eigenvalue weighted by atomic mass is 16.3. The minimum Gasteiger partial charge on any atom is -0.393 e. The number of likely N-dealkylation sites (tertiary alicyclic amines) is 1. The number of hydrogen-bond acceptors (Lipinski definition) is 3. The fourth-order valence-corrected chi connectivity index (χ4v) is 7.20. The van der Waals surface area contributed by atoms with Gasteiger partial charge in [-0.15, -0.1) is 0 Å². The normalized spacial score (nSPS) is 41.5. The smallest absolute Gasteiger partial charge is 0.227 e. The summed E-state index contributed by atoms with van der Waals surface area (Å²) in [6.45, 7) is 4.91. The van der Waals surface area contributed by atoms with E-state index in [4.69, 9.17) is 0 Å². The Kier molecular flexibility index (Phi) is 4.29. The van der Waals surface area contributed by atoms with Crippen LogP contribution >= 0.6 is 0 Å². The van der Waals surface area contributed by atoms with Crippen molar-refractivity contribution in [1.29, 1.82) is 0 Å². The van der Waals surface area contributed by atoms with Crippen LogP contribution in [0.1, 0.15) is 57.9 Å². The summed E-state index contributed by atoms with van der Waals surface area (Å²) in [5, 5.41) is 10.6. The number of benzene rings is 1. The standard InChI is InChI=1S/C25H31NO3/c1-24-13-12-22(29)26(15-16-6-4-3-5-7-16)20(24)10-8-17-18-9-11-21(28)25(18,2)14-19(27)23(17)24/h3-7,10,17-18,21,23,28H,8-9,11-15H2,1-2H3/t17-,18-,21-,23+,24-,25-/m0/s1. The molecule has 3 fully saturated rings. The zero-order chi connectivity index (χ0) is 20.4. The van der Waals surface area contributed by atoms with E-state index in [0.29, 0.717) is 37.0 Å². The molecule has 1 saturated heterocycles. The predicted octanol–water partition coefficient (Wildman–Crippen LogP) is 4.09. The molecule has 5 rings (SSSR count). The topological polar surface area (TPSA) is 57.6 Å². The Morgan fingerprint density at radius 2 is 1.90 bits per heavy atom. The molecule has 0 unspecified atom stereocenters. The molecule has 1 aliphatic heterocycles. The van der Waals surface area contributed by atoms with Gasteiger partial charge in [-0.1, -0.05) is 50.3 Å². The van der Waals surface area contributed by atoms with Gasteiger partial charge in [0.25, 0.3) is 0 Å². The lowest BCUT2D eigenvalue weighted by atomic mass is 9.49. The summed E-state index contributed by atoms with van der Waals surface area (Å²) in [4.78, 5) is 28.3. The molecule has 4 nitrogen and oxygen atoms in total. The van der Waals surface area contributed by atoms with Crippen molar-refractivity contribution >= 4 is 11.7 Å². The minimum absolute atomic E-state index is 0.0303. The molecular weight excluding hydrogens is 362 g/mol. The van der Waals surface area contributed by atoms with Crippen molar-refractivity contribution in [3.8, 4) is 0 Å².